The minimum Gasteiger partial charge on any atom is -0.396 e. The fraction of sp³-hybridized carbons (Fsp3) is 0.333. The van der Waals surface area contributed by atoms with E-state index < -0.39 is 0 Å². The molecule has 17 heavy (non-hydrogen) atoms. The highest BCUT2D eigenvalue weighted by Crippen LogP contribution is 2.23. The highest BCUT2D eigenvalue weighted by Gasteiger charge is 2.11. The molecule has 0 aliphatic carbocycles. The number of aryl methyl sites for hydroxylation is 1. The SMILES string of the molecule is CCc1ccc(C(CO)Cc2cccs2)cc1. The van der Waals surface area contributed by atoms with Crippen LogP contribution in [0, 0.1) is 0 Å². The number of rotatable bonds is 5. The van der Waals surface area contributed by atoms with Crippen LogP contribution in [-0.2, 0) is 12.8 Å². The van der Waals surface area contributed by atoms with Gasteiger partial charge < -0.3 is 5.11 Å². The van der Waals surface area contributed by atoms with Gasteiger partial charge in [0.05, 0.1) is 6.61 Å². The first kappa shape index (κ1) is 12.3. The molecule has 1 unspecified atom stereocenters. The Morgan fingerprint density at radius 3 is 2.47 bits per heavy atom. The molecule has 0 saturated carbocycles. The second-order valence-electron chi connectivity index (χ2n) is 4.26. The molecule has 1 aromatic heterocycles. The van der Waals surface area contributed by atoms with E-state index in [0.29, 0.717) is 0 Å². The van der Waals surface area contributed by atoms with Crippen molar-refractivity contribution in [2.75, 3.05) is 6.61 Å². The van der Waals surface area contributed by atoms with Gasteiger partial charge >= 0.3 is 0 Å². The lowest BCUT2D eigenvalue weighted by Crippen LogP contribution is -2.07. The average molecular weight is 246 g/mol. The summed E-state index contributed by atoms with van der Waals surface area (Å²) >= 11 is 1.76. The predicted molar refractivity (Wildman–Crippen MR) is 73.7 cm³/mol. The molecule has 1 atom stereocenters. The Bertz CT molecular complexity index is 430. The van der Waals surface area contributed by atoms with Gasteiger partial charge in [-0.2, -0.15) is 0 Å². The summed E-state index contributed by atoms with van der Waals surface area (Å²) < 4.78 is 0. The van der Waals surface area contributed by atoms with E-state index in [4.69, 9.17) is 0 Å². The van der Waals surface area contributed by atoms with E-state index in [1.165, 1.54) is 16.0 Å². The summed E-state index contributed by atoms with van der Waals surface area (Å²) in [7, 11) is 0. The molecule has 0 saturated heterocycles. The van der Waals surface area contributed by atoms with Crippen LogP contribution in [0.5, 0.6) is 0 Å². The molecule has 1 N–H and O–H groups in total. The number of benzene rings is 1. The van der Waals surface area contributed by atoms with Crippen LogP contribution in [0.1, 0.15) is 28.8 Å². The van der Waals surface area contributed by atoms with Crippen molar-refractivity contribution in [2.45, 2.75) is 25.7 Å². The first-order valence-electron chi connectivity index (χ1n) is 6.05. The highest BCUT2D eigenvalue weighted by molar-refractivity contribution is 7.09. The number of hydrogen-bond donors (Lipinski definition) is 1. The molecule has 0 spiro atoms. The molecule has 0 aliphatic rings. The van der Waals surface area contributed by atoms with Crippen molar-refractivity contribution in [3.05, 3.63) is 57.8 Å². The predicted octanol–water partition coefficient (Wildman–Crippen LogP) is 3.63. The molecule has 0 fully saturated rings. The van der Waals surface area contributed by atoms with Gasteiger partial charge in [-0.1, -0.05) is 37.3 Å². The second-order valence-corrected chi connectivity index (χ2v) is 5.29. The van der Waals surface area contributed by atoms with Crippen molar-refractivity contribution < 1.29 is 5.11 Å². The van der Waals surface area contributed by atoms with Gasteiger partial charge in [-0.05, 0) is 35.4 Å². The third kappa shape index (κ3) is 3.18. The van der Waals surface area contributed by atoms with Crippen molar-refractivity contribution in [2.24, 2.45) is 0 Å². The summed E-state index contributed by atoms with van der Waals surface area (Å²) in [6.07, 6.45) is 1.99. The van der Waals surface area contributed by atoms with Crippen molar-refractivity contribution >= 4 is 11.3 Å². The van der Waals surface area contributed by atoms with E-state index >= 15 is 0 Å². The normalized spacial score (nSPS) is 12.6. The molecule has 1 aromatic carbocycles. The molecule has 2 rings (SSSR count). The molecule has 0 bridgehead atoms. The Morgan fingerprint density at radius 2 is 1.94 bits per heavy atom. The lowest BCUT2D eigenvalue weighted by molar-refractivity contribution is 0.265. The molecule has 1 nitrogen and oxygen atoms in total. The molecule has 0 aliphatic heterocycles. The average Bonchev–Trinajstić information content (AvgIpc) is 2.89. The Hall–Kier alpha value is -1.12. The summed E-state index contributed by atoms with van der Waals surface area (Å²) in [5.41, 5.74) is 2.58. The molecular weight excluding hydrogens is 228 g/mol. The zero-order valence-electron chi connectivity index (χ0n) is 10.1. The molecular formula is C15H18OS. The quantitative estimate of drug-likeness (QED) is 0.854. The topological polar surface area (TPSA) is 20.2 Å². The minimum absolute atomic E-state index is 0.212. The van der Waals surface area contributed by atoms with Crippen LogP contribution in [0.4, 0.5) is 0 Å². The van der Waals surface area contributed by atoms with Crippen LogP contribution in [0.25, 0.3) is 0 Å². The van der Waals surface area contributed by atoms with E-state index in [0.717, 1.165) is 12.8 Å². The number of aliphatic hydroxyl groups excluding tert-OH is 1. The molecule has 1 heterocycles. The zero-order chi connectivity index (χ0) is 12.1. The first-order chi connectivity index (χ1) is 8.33. The summed E-state index contributed by atoms with van der Waals surface area (Å²) in [6, 6.07) is 12.8. The van der Waals surface area contributed by atoms with Gasteiger partial charge in [0.1, 0.15) is 0 Å². The van der Waals surface area contributed by atoms with Gasteiger partial charge in [-0.3, -0.25) is 0 Å². The van der Waals surface area contributed by atoms with Gasteiger partial charge in [0.25, 0.3) is 0 Å². The Balaban J connectivity index is 2.11. The molecule has 0 amide bonds. The first-order valence-corrected chi connectivity index (χ1v) is 6.93. The number of aliphatic hydroxyl groups is 1. The van der Waals surface area contributed by atoms with Gasteiger partial charge in [-0.25, -0.2) is 0 Å². The van der Waals surface area contributed by atoms with Crippen LogP contribution < -0.4 is 0 Å². The van der Waals surface area contributed by atoms with Gasteiger partial charge in [-0.15, -0.1) is 11.3 Å². The maximum absolute atomic E-state index is 9.51. The summed E-state index contributed by atoms with van der Waals surface area (Å²) in [6.45, 7) is 2.37. The summed E-state index contributed by atoms with van der Waals surface area (Å²) in [4.78, 5) is 1.34. The van der Waals surface area contributed by atoms with E-state index in [-0.39, 0.29) is 12.5 Å². The van der Waals surface area contributed by atoms with Crippen LogP contribution in [0.15, 0.2) is 41.8 Å². The van der Waals surface area contributed by atoms with E-state index in [9.17, 15) is 5.11 Å². The smallest absolute Gasteiger partial charge is 0.0503 e. The third-order valence-electron chi connectivity index (χ3n) is 3.11. The summed E-state index contributed by atoms with van der Waals surface area (Å²) in [5, 5.41) is 11.6. The van der Waals surface area contributed by atoms with Crippen molar-refractivity contribution in [1.29, 1.82) is 0 Å². The fourth-order valence-electron chi connectivity index (χ4n) is 1.98. The Labute approximate surface area is 107 Å². The fourth-order valence-corrected chi connectivity index (χ4v) is 2.77. The Kier molecular flexibility index (Phi) is 4.35. The maximum atomic E-state index is 9.51. The van der Waals surface area contributed by atoms with Gasteiger partial charge in [0.2, 0.25) is 0 Å². The lowest BCUT2D eigenvalue weighted by Gasteiger charge is -2.14. The Morgan fingerprint density at radius 1 is 1.18 bits per heavy atom. The number of thiophene rings is 1. The van der Waals surface area contributed by atoms with E-state index in [2.05, 4.69) is 48.7 Å². The van der Waals surface area contributed by atoms with Crippen LogP contribution in [-0.4, -0.2) is 11.7 Å². The molecule has 2 aromatic rings. The largest absolute Gasteiger partial charge is 0.396 e. The van der Waals surface area contributed by atoms with Crippen LogP contribution >= 0.6 is 11.3 Å². The van der Waals surface area contributed by atoms with Gasteiger partial charge in [0, 0.05) is 10.8 Å². The summed E-state index contributed by atoms with van der Waals surface area (Å²) in [5.74, 6) is 0.222. The van der Waals surface area contributed by atoms with Crippen LogP contribution in [0.3, 0.4) is 0 Å². The van der Waals surface area contributed by atoms with Crippen molar-refractivity contribution in [1.82, 2.24) is 0 Å². The van der Waals surface area contributed by atoms with E-state index in [1.54, 1.807) is 11.3 Å². The molecule has 0 radical (unpaired) electrons. The minimum atomic E-state index is 0.212. The zero-order valence-corrected chi connectivity index (χ0v) is 10.9. The highest BCUT2D eigenvalue weighted by atomic mass is 32.1. The third-order valence-corrected chi connectivity index (χ3v) is 4.01. The lowest BCUT2D eigenvalue weighted by atomic mass is 9.94. The standard InChI is InChI=1S/C15H18OS/c1-2-12-5-7-13(8-6-12)14(11-16)10-15-4-3-9-17-15/h3-9,14,16H,2,10-11H2,1H3. The van der Waals surface area contributed by atoms with Crippen LogP contribution in [0.2, 0.25) is 0 Å². The second kappa shape index (κ2) is 5.99. The number of hydrogen-bond acceptors (Lipinski definition) is 2. The maximum Gasteiger partial charge on any atom is 0.0503 e. The van der Waals surface area contributed by atoms with Crippen molar-refractivity contribution in [3.63, 3.8) is 0 Å². The molecule has 90 valence electrons. The monoisotopic (exact) mass is 246 g/mol. The van der Waals surface area contributed by atoms with E-state index in [1.807, 2.05) is 0 Å². The van der Waals surface area contributed by atoms with Crippen molar-refractivity contribution in [3.8, 4) is 0 Å². The molecule has 2 heteroatoms. The van der Waals surface area contributed by atoms with Gasteiger partial charge in [0.15, 0.2) is 0 Å².